The van der Waals surface area contributed by atoms with Crippen LogP contribution in [0.2, 0.25) is 0 Å². The molecule has 2 atom stereocenters. The summed E-state index contributed by atoms with van der Waals surface area (Å²) in [4.78, 5) is 14.8. The number of aliphatic hydroxyl groups is 1. The lowest BCUT2D eigenvalue weighted by Crippen LogP contribution is -2.94. The molecule has 2 heterocycles. The highest BCUT2D eigenvalue weighted by Gasteiger charge is 2.31. The summed E-state index contributed by atoms with van der Waals surface area (Å²) in [6.07, 6.45) is 0.260. The number of rotatable bonds is 2. The molecule has 0 saturated heterocycles. The molecule has 4 N–H and O–H groups in total. The van der Waals surface area contributed by atoms with Crippen molar-refractivity contribution < 1.29 is 10.4 Å². The molecule has 1 aromatic heterocycles. The predicted octanol–water partition coefficient (Wildman–Crippen LogP) is 0.107. The number of hydrogen-bond acceptors (Lipinski definition) is 2. The summed E-state index contributed by atoms with van der Waals surface area (Å²) in [6, 6.07) is 6.22. The molecule has 2 aromatic rings. The Morgan fingerprint density at radius 2 is 2.26 bits per heavy atom. The number of nitrogens with two attached hydrogens (primary N) is 1. The van der Waals surface area contributed by atoms with E-state index in [4.69, 9.17) is 0 Å². The van der Waals surface area contributed by atoms with Gasteiger partial charge in [0.2, 0.25) is 0 Å². The Balaban J connectivity index is 2.14. The molecule has 0 radical (unpaired) electrons. The first kappa shape index (κ1) is 12.4. The zero-order chi connectivity index (χ0) is 13.6. The fourth-order valence-corrected chi connectivity index (χ4v) is 3.06. The molecular formula is C14H20N3O2+. The Kier molecular flexibility index (Phi) is 2.95. The minimum absolute atomic E-state index is 0.0835. The second kappa shape index (κ2) is 4.51. The highest BCUT2D eigenvalue weighted by atomic mass is 16.3. The van der Waals surface area contributed by atoms with Crippen LogP contribution in [0.25, 0.3) is 11.0 Å². The van der Waals surface area contributed by atoms with Crippen molar-refractivity contribution in [2.24, 2.45) is 0 Å². The number of para-hydroxylation sites is 1. The second-order valence-electron chi connectivity index (χ2n) is 5.66. The van der Waals surface area contributed by atoms with Crippen LogP contribution in [0.15, 0.2) is 23.0 Å². The van der Waals surface area contributed by atoms with Crippen molar-refractivity contribution in [1.82, 2.24) is 9.55 Å². The van der Waals surface area contributed by atoms with Gasteiger partial charge in [0.25, 0.3) is 0 Å². The first-order valence-corrected chi connectivity index (χ1v) is 6.82. The van der Waals surface area contributed by atoms with Crippen LogP contribution in [-0.4, -0.2) is 26.7 Å². The van der Waals surface area contributed by atoms with Gasteiger partial charge in [-0.25, -0.2) is 4.79 Å². The summed E-state index contributed by atoms with van der Waals surface area (Å²) in [6.45, 7) is 4.89. The molecule has 0 spiro atoms. The van der Waals surface area contributed by atoms with Gasteiger partial charge in [-0.1, -0.05) is 12.1 Å². The third-order valence-electron chi connectivity index (χ3n) is 3.87. The van der Waals surface area contributed by atoms with E-state index in [1.54, 1.807) is 4.57 Å². The lowest BCUT2D eigenvalue weighted by atomic mass is 9.99. The number of aromatic nitrogens is 2. The number of aromatic amines is 1. The van der Waals surface area contributed by atoms with Crippen molar-refractivity contribution in [3.05, 3.63) is 34.2 Å². The Morgan fingerprint density at radius 1 is 1.47 bits per heavy atom. The van der Waals surface area contributed by atoms with Crippen molar-refractivity contribution in [3.8, 4) is 0 Å². The SMILES string of the molecule is CC(C)[NH2+]C1CCn2c(=O)[nH]c3cccc(c32)C1O. The van der Waals surface area contributed by atoms with Gasteiger partial charge in [-0.3, -0.25) is 4.57 Å². The third kappa shape index (κ3) is 1.99. The molecule has 5 heteroatoms. The average Bonchev–Trinajstić information content (AvgIpc) is 2.61. The van der Waals surface area contributed by atoms with Crippen LogP contribution in [0.1, 0.15) is 31.9 Å². The molecule has 102 valence electrons. The normalized spacial score (nSPS) is 22.9. The van der Waals surface area contributed by atoms with Crippen LogP contribution in [0, 0.1) is 0 Å². The molecule has 0 amide bonds. The van der Waals surface area contributed by atoms with Crippen molar-refractivity contribution >= 4 is 11.0 Å². The maximum atomic E-state index is 12.0. The number of hydrogen-bond donors (Lipinski definition) is 3. The summed E-state index contributed by atoms with van der Waals surface area (Å²) in [5, 5.41) is 12.8. The van der Waals surface area contributed by atoms with Crippen LogP contribution >= 0.6 is 0 Å². The smallest absolute Gasteiger partial charge is 0.326 e. The second-order valence-corrected chi connectivity index (χ2v) is 5.66. The van der Waals surface area contributed by atoms with E-state index in [0.29, 0.717) is 12.6 Å². The van der Waals surface area contributed by atoms with Gasteiger partial charge in [-0.15, -0.1) is 0 Å². The molecule has 5 nitrogen and oxygen atoms in total. The van der Waals surface area contributed by atoms with Crippen molar-refractivity contribution in [3.63, 3.8) is 0 Å². The van der Waals surface area contributed by atoms with E-state index in [9.17, 15) is 9.90 Å². The topological polar surface area (TPSA) is 74.6 Å². The standard InChI is InChI=1S/C14H19N3O2/c1-8(2)15-11-6-7-17-12-9(13(11)18)4-3-5-10(12)16-14(17)19/h3-5,8,11,13,15,18H,6-7H2,1-2H3,(H,16,19)/p+1. The van der Waals surface area contributed by atoms with Crippen molar-refractivity contribution in [1.29, 1.82) is 0 Å². The van der Waals surface area contributed by atoms with E-state index in [2.05, 4.69) is 24.1 Å². The highest BCUT2D eigenvalue weighted by molar-refractivity contribution is 5.79. The summed E-state index contributed by atoms with van der Waals surface area (Å²) in [5.74, 6) is 0. The average molecular weight is 262 g/mol. The summed E-state index contributed by atoms with van der Waals surface area (Å²) >= 11 is 0. The first-order chi connectivity index (χ1) is 9.08. The van der Waals surface area contributed by atoms with Gasteiger partial charge in [-0.2, -0.15) is 0 Å². The van der Waals surface area contributed by atoms with Crippen molar-refractivity contribution in [2.45, 2.75) is 45.0 Å². The molecule has 0 bridgehead atoms. The minimum atomic E-state index is -0.532. The molecule has 0 fully saturated rings. The summed E-state index contributed by atoms with van der Waals surface area (Å²) in [7, 11) is 0. The van der Waals surface area contributed by atoms with Crippen LogP contribution in [0.4, 0.5) is 0 Å². The van der Waals surface area contributed by atoms with Crippen LogP contribution in [-0.2, 0) is 6.54 Å². The zero-order valence-corrected chi connectivity index (χ0v) is 11.3. The maximum absolute atomic E-state index is 12.0. The third-order valence-corrected chi connectivity index (χ3v) is 3.87. The Hall–Kier alpha value is -1.59. The fourth-order valence-electron chi connectivity index (χ4n) is 3.06. The van der Waals surface area contributed by atoms with E-state index in [0.717, 1.165) is 23.0 Å². The zero-order valence-electron chi connectivity index (χ0n) is 11.3. The number of benzene rings is 1. The predicted molar refractivity (Wildman–Crippen MR) is 73.0 cm³/mol. The molecule has 19 heavy (non-hydrogen) atoms. The fraction of sp³-hybridized carbons (Fsp3) is 0.500. The molecule has 0 aliphatic carbocycles. The minimum Gasteiger partial charge on any atom is -0.382 e. The van der Waals surface area contributed by atoms with Crippen LogP contribution in [0.5, 0.6) is 0 Å². The molecule has 3 rings (SSSR count). The van der Waals surface area contributed by atoms with Gasteiger partial charge < -0.3 is 15.4 Å². The lowest BCUT2D eigenvalue weighted by molar-refractivity contribution is -0.723. The largest absolute Gasteiger partial charge is 0.382 e. The first-order valence-electron chi connectivity index (χ1n) is 6.82. The number of nitrogens with zero attached hydrogens (tertiary/aromatic N) is 1. The quantitative estimate of drug-likeness (QED) is 0.718. The Bertz CT molecular complexity index is 656. The molecule has 1 aromatic carbocycles. The number of aryl methyl sites for hydroxylation is 1. The Morgan fingerprint density at radius 3 is 3.00 bits per heavy atom. The number of quaternary nitrogens is 1. The van der Waals surface area contributed by atoms with Gasteiger partial charge in [0.05, 0.1) is 17.1 Å². The van der Waals surface area contributed by atoms with Crippen LogP contribution in [0.3, 0.4) is 0 Å². The molecular weight excluding hydrogens is 242 g/mol. The van der Waals surface area contributed by atoms with E-state index >= 15 is 0 Å². The highest BCUT2D eigenvalue weighted by Crippen LogP contribution is 2.28. The molecule has 0 saturated carbocycles. The number of nitrogens with one attached hydrogen (secondary N) is 1. The van der Waals surface area contributed by atoms with E-state index in [1.165, 1.54) is 0 Å². The Labute approximate surface area is 111 Å². The molecule has 1 aliphatic heterocycles. The van der Waals surface area contributed by atoms with E-state index < -0.39 is 6.10 Å². The monoisotopic (exact) mass is 262 g/mol. The van der Waals surface area contributed by atoms with Gasteiger partial charge in [0, 0.05) is 18.5 Å². The van der Waals surface area contributed by atoms with Gasteiger partial charge >= 0.3 is 5.69 Å². The molecule has 1 aliphatic rings. The van der Waals surface area contributed by atoms with Gasteiger partial charge in [-0.05, 0) is 19.9 Å². The number of H-pyrrole nitrogens is 1. The maximum Gasteiger partial charge on any atom is 0.326 e. The number of imidazole rings is 1. The van der Waals surface area contributed by atoms with Gasteiger partial charge in [0.15, 0.2) is 0 Å². The lowest BCUT2D eigenvalue weighted by Gasteiger charge is -2.21. The van der Waals surface area contributed by atoms with E-state index in [-0.39, 0.29) is 11.7 Å². The van der Waals surface area contributed by atoms with Crippen LogP contribution < -0.4 is 11.0 Å². The summed E-state index contributed by atoms with van der Waals surface area (Å²) in [5.41, 5.74) is 2.45. The number of aliphatic hydroxyl groups excluding tert-OH is 1. The van der Waals surface area contributed by atoms with Gasteiger partial charge in [0.1, 0.15) is 12.1 Å². The summed E-state index contributed by atoms with van der Waals surface area (Å²) < 4.78 is 1.75. The molecule has 2 unspecified atom stereocenters. The van der Waals surface area contributed by atoms with E-state index in [1.807, 2.05) is 18.2 Å². The van der Waals surface area contributed by atoms with Crippen molar-refractivity contribution in [2.75, 3.05) is 0 Å².